The van der Waals surface area contributed by atoms with Crippen LogP contribution in [0.4, 0.5) is 0 Å². The summed E-state index contributed by atoms with van der Waals surface area (Å²) in [6.45, 7) is 1.78. The minimum Gasteiger partial charge on any atom is -0.395 e. The summed E-state index contributed by atoms with van der Waals surface area (Å²) in [5, 5.41) is 0.616. The number of benzene rings is 3. The fourth-order valence-electron chi connectivity index (χ4n) is 2.27. The fraction of sp³-hybridized carbons (Fsp3) is 0.100. The van der Waals surface area contributed by atoms with Gasteiger partial charge in [-0.3, -0.25) is 4.52 Å². The highest BCUT2D eigenvalue weighted by Gasteiger charge is 2.33. The average Bonchev–Trinajstić information content (AvgIpc) is 2.63. The molecule has 0 aliphatic carbocycles. The molecule has 1 unspecified atom stereocenters. The third kappa shape index (κ3) is 5.12. The Labute approximate surface area is 157 Å². The van der Waals surface area contributed by atoms with E-state index in [4.69, 9.17) is 25.2 Å². The van der Waals surface area contributed by atoms with Gasteiger partial charge in [-0.05, 0) is 48.9 Å². The van der Waals surface area contributed by atoms with Crippen LogP contribution in [-0.4, -0.2) is 0 Å². The van der Waals surface area contributed by atoms with Gasteiger partial charge in [0, 0.05) is 5.02 Å². The molecule has 0 aromatic heterocycles. The number of halogens is 1. The average molecular weight is 389 g/mol. The van der Waals surface area contributed by atoms with Crippen molar-refractivity contribution in [2.24, 2.45) is 0 Å². The van der Waals surface area contributed by atoms with Crippen LogP contribution in [0.15, 0.2) is 84.9 Å². The van der Waals surface area contributed by atoms with Crippen molar-refractivity contribution in [3.63, 3.8) is 0 Å². The lowest BCUT2D eigenvalue weighted by atomic mass is 10.1. The molecule has 3 aromatic rings. The maximum Gasteiger partial charge on any atom is 0.588 e. The molecule has 3 rings (SSSR count). The van der Waals surface area contributed by atoms with Crippen molar-refractivity contribution < 1.29 is 18.1 Å². The summed E-state index contributed by atoms with van der Waals surface area (Å²) in [6, 6.07) is 24.7. The Hall–Kier alpha value is -2.26. The van der Waals surface area contributed by atoms with Gasteiger partial charge in [-0.1, -0.05) is 60.1 Å². The lowest BCUT2D eigenvalue weighted by Gasteiger charge is -2.22. The molecule has 1 atom stereocenters. The van der Waals surface area contributed by atoms with E-state index in [1.54, 1.807) is 67.6 Å². The number of hydrogen-bond acceptors (Lipinski definition) is 4. The van der Waals surface area contributed by atoms with Crippen molar-refractivity contribution in [3.8, 4) is 11.5 Å². The molecule has 0 saturated carbocycles. The predicted molar refractivity (Wildman–Crippen MR) is 103 cm³/mol. The largest absolute Gasteiger partial charge is 0.588 e. The van der Waals surface area contributed by atoms with E-state index < -0.39 is 13.9 Å². The second kappa shape index (κ2) is 8.41. The monoisotopic (exact) mass is 388 g/mol. The molecule has 4 nitrogen and oxygen atoms in total. The topological polar surface area (TPSA) is 44.8 Å². The van der Waals surface area contributed by atoms with Crippen LogP contribution in [0.5, 0.6) is 11.5 Å². The molecule has 6 heteroatoms. The van der Waals surface area contributed by atoms with Crippen molar-refractivity contribution in [1.82, 2.24) is 0 Å². The minimum absolute atomic E-state index is 0.398. The second-order valence-corrected chi connectivity index (χ2v) is 7.46. The van der Waals surface area contributed by atoms with E-state index in [0.717, 1.165) is 5.56 Å². The summed E-state index contributed by atoms with van der Waals surface area (Å²) >= 11 is 5.92. The number of rotatable bonds is 7. The van der Waals surface area contributed by atoms with Gasteiger partial charge in [0.1, 0.15) is 11.5 Å². The second-order valence-electron chi connectivity index (χ2n) is 5.56. The third-order valence-corrected chi connectivity index (χ3v) is 5.24. The zero-order valence-electron chi connectivity index (χ0n) is 14.1. The molecule has 0 radical (unpaired) electrons. The first-order valence-corrected chi connectivity index (χ1v) is 9.91. The van der Waals surface area contributed by atoms with E-state index in [1.165, 1.54) is 0 Å². The summed E-state index contributed by atoms with van der Waals surface area (Å²) < 4.78 is 30.3. The van der Waals surface area contributed by atoms with Gasteiger partial charge in [-0.15, -0.1) is 0 Å². The van der Waals surface area contributed by atoms with Crippen LogP contribution < -0.4 is 9.05 Å². The highest BCUT2D eigenvalue weighted by Crippen LogP contribution is 2.52. The Morgan fingerprint density at radius 2 is 1.23 bits per heavy atom. The van der Waals surface area contributed by atoms with Gasteiger partial charge in [-0.25, -0.2) is 4.57 Å². The van der Waals surface area contributed by atoms with Crippen LogP contribution in [0, 0.1) is 0 Å². The van der Waals surface area contributed by atoms with E-state index in [-0.39, 0.29) is 0 Å². The molecular weight excluding hydrogens is 371 g/mol. The summed E-state index contributed by atoms with van der Waals surface area (Å²) in [4.78, 5) is 0. The lowest BCUT2D eigenvalue weighted by Crippen LogP contribution is -2.08. The molecule has 0 N–H and O–H groups in total. The van der Waals surface area contributed by atoms with Gasteiger partial charge in [0.2, 0.25) is 0 Å². The molecule has 26 heavy (non-hydrogen) atoms. The fourth-order valence-corrected chi connectivity index (χ4v) is 3.79. The molecule has 0 fully saturated rings. The Kier molecular flexibility index (Phi) is 6.00. The first-order valence-electron chi connectivity index (χ1n) is 8.07. The summed E-state index contributed by atoms with van der Waals surface area (Å²) in [7, 11) is -3.93. The molecular formula is C20H18ClO4P. The summed E-state index contributed by atoms with van der Waals surface area (Å²) in [5.74, 6) is 0.796. The number of para-hydroxylation sites is 2. The summed E-state index contributed by atoms with van der Waals surface area (Å²) in [5.41, 5.74) is 0.808. The minimum atomic E-state index is -3.93. The van der Waals surface area contributed by atoms with E-state index in [9.17, 15) is 4.57 Å². The van der Waals surface area contributed by atoms with Crippen LogP contribution in [0.3, 0.4) is 0 Å². The molecule has 0 aliphatic heterocycles. The van der Waals surface area contributed by atoms with Gasteiger partial charge in [-0.2, -0.15) is 0 Å². The Morgan fingerprint density at radius 1 is 0.769 bits per heavy atom. The van der Waals surface area contributed by atoms with E-state index in [0.29, 0.717) is 16.5 Å². The van der Waals surface area contributed by atoms with E-state index in [1.807, 2.05) is 24.3 Å². The van der Waals surface area contributed by atoms with Crippen molar-refractivity contribution in [2.45, 2.75) is 13.0 Å². The van der Waals surface area contributed by atoms with Gasteiger partial charge >= 0.3 is 7.82 Å². The standard InChI is InChI=1S/C20H18ClO4P/c1-16(17-12-14-18(21)15-13-17)23-26(22,24-19-8-4-2-5-9-19)25-20-10-6-3-7-11-20/h2-16H,1H3. The molecule has 3 aromatic carbocycles. The first-order chi connectivity index (χ1) is 12.5. The normalized spacial score (nSPS) is 12.4. The van der Waals surface area contributed by atoms with Crippen LogP contribution in [-0.2, 0) is 9.09 Å². The van der Waals surface area contributed by atoms with E-state index in [2.05, 4.69) is 0 Å². The van der Waals surface area contributed by atoms with Crippen LogP contribution in [0.25, 0.3) is 0 Å². The lowest BCUT2D eigenvalue weighted by molar-refractivity contribution is 0.156. The molecule has 0 aliphatic rings. The molecule has 134 valence electrons. The van der Waals surface area contributed by atoms with Gasteiger partial charge in [0.25, 0.3) is 0 Å². The van der Waals surface area contributed by atoms with Crippen LogP contribution in [0.2, 0.25) is 5.02 Å². The van der Waals surface area contributed by atoms with Gasteiger partial charge < -0.3 is 9.05 Å². The number of phosphoric acid groups is 1. The quantitative estimate of drug-likeness (QED) is 0.423. The Morgan fingerprint density at radius 3 is 1.69 bits per heavy atom. The highest BCUT2D eigenvalue weighted by molar-refractivity contribution is 7.49. The smallest absolute Gasteiger partial charge is 0.395 e. The van der Waals surface area contributed by atoms with Gasteiger partial charge in [0.15, 0.2) is 0 Å². The Balaban J connectivity index is 1.84. The van der Waals surface area contributed by atoms with Gasteiger partial charge in [0.05, 0.1) is 6.10 Å². The van der Waals surface area contributed by atoms with Crippen molar-refractivity contribution in [3.05, 3.63) is 95.5 Å². The molecule has 0 heterocycles. The SMILES string of the molecule is CC(OP(=O)(Oc1ccccc1)Oc1ccccc1)c1ccc(Cl)cc1. The van der Waals surface area contributed by atoms with Crippen molar-refractivity contribution >= 4 is 19.4 Å². The maximum atomic E-state index is 13.3. The number of hydrogen-bond donors (Lipinski definition) is 0. The predicted octanol–water partition coefficient (Wildman–Crippen LogP) is 6.68. The summed E-state index contributed by atoms with van der Waals surface area (Å²) in [6.07, 6.45) is -0.523. The molecule has 0 saturated heterocycles. The van der Waals surface area contributed by atoms with Crippen molar-refractivity contribution in [1.29, 1.82) is 0 Å². The molecule has 0 spiro atoms. The van der Waals surface area contributed by atoms with E-state index >= 15 is 0 Å². The first kappa shape index (κ1) is 18.5. The number of phosphoric ester groups is 1. The van der Waals surface area contributed by atoms with Crippen LogP contribution >= 0.6 is 19.4 Å². The third-order valence-electron chi connectivity index (χ3n) is 3.55. The zero-order valence-corrected chi connectivity index (χ0v) is 15.8. The maximum absolute atomic E-state index is 13.3. The molecule has 0 bridgehead atoms. The van der Waals surface area contributed by atoms with Crippen LogP contribution in [0.1, 0.15) is 18.6 Å². The van der Waals surface area contributed by atoms with Crippen molar-refractivity contribution in [2.75, 3.05) is 0 Å². The Bertz CT molecular complexity index is 824. The molecule has 0 amide bonds. The zero-order chi connectivity index (χ0) is 18.4. The highest BCUT2D eigenvalue weighted by atomic mass is 35.5.